The van der Waals surface area contributed by atoms with Gasteiger partial charge in [0, 0.05) is 11.8 Å². The van der Waals surface area contributed by atoms with Crippen molar-refractivity contribution in [3.05, 3.63) is 119 Å². The summed E-state index contributed by atoms with van der Waals surface area (Å²) in [5, 5.41) is 18.3. The quantitative estimate of drug-likeness (QED) is 0.273. The summed E-state index contributed by atoms with van der Waals surface area (Å²) in [5.74, 6) is -0.674. The molecule has 5 rings (SSSR count). The smallest absolute Gasteiger partial charge is 0.335 e. The molecular weight excluding hydrogens is 508 g/mol. The number of urea groups is 1. The van der Waals surface area contributed by atoms with Gasteiger partial charge in [-0.25, -0.2) is 9.59 Å². The molecule has 0 spiro atoms. The van der Waals surface area contributed by atoms with E-state index < -0.39 is 12.0 Å². The van der Waals surface area contributed by atoms with E-state index in [2.05, 4.69) is 40.1 Å². The van der Waals surface area contributed by atoms with Gasteiger partial charge in [0.05, 0.1) is 30.9 Å². The molecule has 3 amide bonds. The lowest BCUT2D eigenvalue weighted by molar-refractivity contribution is -0.135. The van der Waals surface area contributed by atoms with Gasteiger partial charge in [0.1, 0.15) is 0 Å². The normalized spacial score (nSPS) is 16.0. The molecule has 4 aromatic rings. The van der Waals surface area contributed by atoms with Crippen molar-refractivity contribution in [1.82, 2.24) is 15.4 Å². The molecule has 9 heteroatoms. The maximum Gasteiger partial charge on any atom is 0.335 e. The number of anilines is 1. The lowest BCUT2D eigenvalue weighted by Gasteiger charge is -2.41. The summed E-state index contributed by atoms with van der Waals surface area (Å²) in [5.41, 5.74) is 3.86. The fourth-order valence-corrected chi connectivity index (χ4v) is 5.35. The molecule has 0 aliphatic heterocycles. The number of nitrogens with zero attached hydrogens (tertiary/aromatic N) is 2. The van der Waals surface area contributed by atoms with Gasteiger partial charge >= 0.3 is 12.0 Å². The summed E-state index contributed by atoms with van der Waals surface area (Å²) in [7, 11) is 0. The molecule has 1 aliphatic carbocycles. The maximum absolute atomic E-state index is 13.8. The van der Waals surface area contributed by atoms with E-state index >= 15 is 0 Å². The van der Waals surface area contributed by atoms with E-state index in [9.17, 15) is 19.5 Å². The van der Waals surface area contributed by atoms with Gasteiger partial charge in [-0.1, -0.05) is 65.8 Å². The van der Waals surface area contributed by atoms with Crippen molar-refractivity contribution in [3.63, 3.8) is 0 Å². The van der Waals surface area contributed by atoms with E-state index in [1.165, 1.54) is 29.3 Å². The van der Waals surface area contributed by atoms with Crippen molar-refractivity contribution in [3.8, 4) is 0 Å². The van der Waals surface area contributed by atoms with Crippen LogP contribution in [0.15, 0.2) is 95.6 Å². The molecule has 40 heavy (non-hydrogen) atoms. The van der Waals surface area contributed by atoms with Crippen molar-refractivity contribution in [1.29, 1.82) is 0 Å². The lowest BCUT2D eigenvalue weighted by atomic mass is 9.76. The fraction of sp³-hybridized carbons (Fsp3) is 0.226. The van der Waals surface area contributed by atoms with Gasteiger partial charge in [-0.2, -0.15) is 0 Å². The molecular formula is C31H30N4O5. The van der Waals surface area contributed by atoms with Crippen LogP contribution in [0, 0.1) is 5.92 Å². The molecule has 1 aliphatic rings. The second kappa shape index (κ2) is 12.3. The SMILES string of the molecule is O=C(NCC(=O)N(Cc1ccno1)C1c2ccccc2CCC1Cc1ccccc1)Nc1cccc(C(=O)O)c1. The van der Waals surface area contributed by atoms with Crippen LogP contribution in [-0.4, -0.2) is 39.6 Å². The van der Waals surface area contributed by atoms with Crippen LogP contribution in [0.1, 0.15) is 45.3 Å². The third kappa shape index (κ3) is 6.37. The van der Waals surface area contributed by atoms with Crippen LogP contribution >= 0.6 is 0 Å². The molecule has 0 saturated carbocycles. The van der Waals surface area contributed by atoms with Crippen molar-refractivity contribution in [2.75, 3.05) is 11.9 Å². The van der Waals surface area contributed by atoms with Crippen LogP contribution in [0.3, 0.4) is 0 Å². The molecule has 0 radical (unpaired) electrons. The number of nitrogens with one attached hydrogen (secondary N) is 2. The van der Waals surface area contributed by atoms with Crippen molar-refractivity contribution in [2.45, 2.75) is 31.8 Å². The number of hydrogen-bond donors (Lipinski definition) is 3. The first-order valence-corrected chi connectivity index (χ1v) is 13.2. The zero-order valence-corrected chi connectivity index (χ0v) is 21.8. The number of carbonyl (C=O) groups excluding carboxylic acids is 2. The average Bonchev–Trinajstić information content (AvgIpc) is 3.49. The van der Waals surface area contributed by atoms with Crippen LogP contribution in [0.5, 0.6) is 0 Å². The van der Waals surface area contributed by atoms with E-state index in [1.54, 1.807) is 23.2 Å². The van der Waals surface area contributed by atoms with E-state index in [4.69, 9.17) is 4.52 Å². The second-order valence-electron chi connectivity index (χ2n) is 9.83. The Morgan fingerprint density at radius 1 is 0.975 bits per heavy atom. The molecule has 204 valence electrons. The van der Waals surface area contributed by atoms with Crippen molar-refractivity contribution in [2.24, 2.45) is 5.92 Å². The van der Waals surface area contributed by atoms with Crippen molar-refractivity contribution >= 4 is 23.6 Å². The molecule has 0 bridgehead atoms. The Morgan fingerprint density at radius 3 is 2.55 bits per heavy atom. The number of benzene rings is 3. The third-order valence-electron chi connectivity index (χ3n) is 7.19. The highest BCUT2D eigenvalue weighted by atomic mass is 16.5. The standard InChI is InChI=1S/C31H30N4O5/c36-28(19-32-31(39)34-25-11-6-10-24(18-25)30(37)38)35(20-26-15-16-33-40-26)29-23(17-21-7-2-1-3-8-21)14-13-22-9-4-5-12-27(22)29/h1-12,15-16,18,23,29H,13-14,17,19-20H2,(H,37,38)(H2,32,34,39). The van der Waals surface area contributed by atoms with E-state index in [0.717, 1.165) is 24.8 Å². The average molecular weight is 539 g/mol. The number of carbonyl (C=O) groups is 3. The molecule has 3 N–H and O–H groups in total. The van der Waals surface area contributed by atoms with E-state index in [0.29, 0.717) is 11.4 Å². The van der Waals surface area contributed by atoms with Gasteiger partial charge in [-0.15, -0.1) is 0 Å². The zero-order chi connectivity index (χ0) is 27.9. The number of aromatic nitrogens is 1. The second-order valence-corrected chi connectivity index (χ2v) is 9.83. The summed E-state index contributed by atoms with van der Waals surface area (Å²) in [6, 6.07) is 25.2. The minimum atomic E-state index is -1.10. The Balaban J connectivity index is 1.38. The summed E-state index contributed by atoms with van der Waals surface area (Å²) < 4.78 is 5.39. The summed E-state index contributed by atoms with van der Waals surface area (Å²) >= 11 is 0. The number of amides is 3. The van der Waals surface area contributed by atoms with Gasteiger partial charge in [0.25, 0.3) is 0 Å². The largest absolute Gasteiger partial charge is 0.478 e. The molecule has 9 nitrogen and oxygen atoms in total. The molecule has 0 fully saturated rings. The Morgan fingerprint density at radius 2 is 1.77 bits per heavy atom. The van der Waals surface area contributed by atoms with Crippen LogP contribution in [0.4, 0.5) is 10.5 Å². The van der Waals surface area contributed by atoms with Crippen LogP contribution in [-0.2, 0) is 24.2 Å². The topological polar surface area (TPSA) is 125 Å². The number of aryl methyl sites for hydroxylation is 1. The minimum Gasteiger partial charge on any atom is -0.478 e. The predicted octanol–water partition coefficient (Wildman–Crippen LogP) is 5.07. The Hall–Kier alpha value is -4.92. The first kappa shape index (κ1) is 26.7. The highest BCUT2D eigenvalue weighted by Gasteiger charge is 2.37. The highest BCUT2D eigenvalue weighted by molar-refractivity contribution is 5.94. The Kier molecular flexibility index (Phi) is 8.20. The first-order valence-electron chi connectivity index (χ1n) is 13.2. The summed E-state index contributed by atoms with van der Waals surface area (Å²) in [4.78, 5) is 39.5. The number of rotatable bonds is 9. The van der Waals surface area contributed by atoms with E-state index in [-0.39, 0.29) is 36.5 Å². The number of fused-ring (bicyclic) bond motifs is 1. The zero-order valence-electron chi connectivity index (χ0n) is 21.8. The highest BCUT2D eigenvalue weighted by Crippen LogP contribution is 2.41. The number of carboxylic acid groups (broad SMARTS) is 1. The Bertz CT molecular complexity index is 1470. The van der Waals surface area contributed by atoms with Gasteiger partial charge < -0.3 is 25.2 Å². The van der Waals surface area contributed by atoms with Gasteiger partial charge in [-0.3, -0.25) is 4.79 Å². The van der Waals surface area contributed by atoms with Crippen LogP contribution < -0.4 is 10.6 Å². The number of aromatic carboxylic acids is 1. The lowest BCUT2D eigenvalue weighted by Crippen LogP contribution is -2.46. The minimum absolute atomic E-state index is 0.0486. The summed E-state index contributed by atoms with van der Waals surface area (Å²) in [6.45, 7) is -0.0532. The number of hydrogen-bond acceptors (Lipinski definition) is 5. The monoisotopic (exact) mass is 538 g/mol. The molecule has 0 saturated heterocycles. The summed E-state index contributed by atoms with van der Waals surface area (Å²) in [6.07, 6.45) is 4.17. The first-order chi connectivity index (χ1) is 19.5. The van der Waals surface area contributed by atoms with Gasteiger partial charge in [-0.05, 0) is 60.1 Å². The van der Waals surface area contributed by atoms with Crippen LogP contribution in [0.25, 0.3) is 0 Å². The van der Waals surface area contributed by atoms with Crippen LogP contribution in [0.2, 0.25) is 0 Å². The molecule has 3 aromatic carbocycles. The molecule has 2 unspecified atom stereocenters. The molecule has 1 heterocycles. The van der Waals surface area contributed by atoms with Gasteiger partial charge in [0.15, 0.2) is 5.76 Å². The third-order valence-corrected chi connectivity index (χ3v) is 7.19. The van der Waals surface area contributed by atoms with Crippen molar-refractivity contribution < 1.29 is 24.0 Å². The molecule has 1 aromatic heterocycles. The number of carboxylic acids is 1. The predicted molar refractivity (Wildman–Crippen MR) is 149 cm³/mol. The fourth-order valence-electron chi connectivity index (χ4n) is 5.35. The Labute approximate surface area is 231 Å². The maximum atomic E-state index is 13.8. The van der Waals surface area contributed by atoms with E-state index in [1.807, 2.05) is 30.3 Å². The van der Waals surface area contributed by atoms with Gasteiger partial charge in [0.2, 0.25) is 5.91 Å². The molecule has 2 atom stereocenters.